The van der Waals surface area contributed by atoms with Gasteiger partial charge in [-0.1, -0.05) is 29.3 Å². The fraction of sp³-hybridized carbons (Fsp3) is 0.235. The van der Waals surface area contributed by atoms with Gasteiger partial charge in [0.2, 0.25) is 15.9 Å². The fourth-order valence-electron chi connectivity index (χ4n) is 2.18. The lowest BCUT2D eigenvalue weighted by molar-refractivity contribution is -0.130. The molecule has 1 amide bonds. The van der Waals surface area contributed by atoms with Crippen LogP contribution in [-0.4, -0.2) is 44.2 Å². The number of carbonyl (C=O) groups excluding carboxylic acids is 1. The molecule has 0 heterocycles. The van der Waals surface area contributed by atoms with Crippen LogP contribution in [0.15, 0.2) is 47.4 Å². The van der Waals surface area contributed by atoms with Crippen LogP contribution in [0.3, 0.4) is 0 Å². The predicted octanol–water partition coefficient (Wildman–Crippen LogP) is 3.41. The Morgan fingerprint density at radius 1 is 1.04 bits per heavy atom. The summed E-state index contributed by atoms with van der Waals surface area (Å²) < 4.78 is 38.8. The molecule has 2 aromatic rings. The monoisotopic (exact) mass is 418 g/mol. The summed E-state index contributed by atoms with van der Waals surface area (Å²) in [7, 11) is -1.03. The van der Waals surface area contributed by atoms with Gasteiger partial charge in [-0.2, -0.15) is 4.31 Å². The summed E-state index contributed by atoms with van der Waals surface area (Å²) in [6.07, 6.45) is 0. The highest BCUT2D eigenvalue weighted by Crippen LogP contribution is 2.23. The van der Waals surface area contributed by atoms with E-state index >= 15 is 0 Å². The van der Waals surface area contributed by atoms with Crippen molar-refractivity contribution in [3.05, 3.63) is 63.9 Å². The van der Waals surface area contributed by atoms with Gasteiger partial charge in [0.25, 0.3) is 0 Å². The van der Waals surface area contributed by atoms with Gasteiger partial charge in [-0.05, 0) is 42.0 Å². The lowest BCUT2D eigenvalue weighted by Gasteiger charge is -2.22. The molecule has 0 atom stereocenters. The third-order valence-electron chi connectivity index (χ3n) is 3.71. The van der Waals surface area contributed by atoms with Gasteiger partial charge in [-0.25, -0.2) is 12.8 Å². The second-order valence-electron chi connectivity index (χ2n) is 5.71. The second kappa shape index (κ2) is 8.35. The Morgan fingerprint density at radius 3 is 2.23 bits per heavy atom. The van der Waals surface area contributed by atoms with Gasteiger partial charge in [0.1, 0.15) is 5.82 Å². The topological polar surface area (TPSA) is 57.7 Å². The van der Waals surface area contributed by atoms with Crippen molar-refractivity contribution in [1.82, 2.24) is 9.21 Å². The van der Waals surface area contributed by atoms with Crippen molar-refractivity contribution in [2.45, 2.75) is 11.4 Å². The Morgan fingerprint density at radius 2 is 1.65 bits per heavy atom. The average Bonchev–Trinajstić information content (AvgIpc) is 2.58. The number of carbonyl (C=O) groups is 1. The van der Waals surface area contributed by atoms with E-state index in [4.69, 9.17) is 23.2 Å². The molecule has 0 aromatic heterocycles. The molecular weight excluding hydrogens is 402 g/mol. The van der Waals surface area contributed by atoms with E-state index in [0.717, 1.165) is 34.1 Å². The van der Waals surface area contributed by atoms with Gasteiger partial charge in [0.15, 0.2) is 0 Å². The second-order valence-corrected chi connectivity index (χ2v) is 8.57. The number of hydrogen-bond donors (Lipinski definition) is 0. The number of amides is 1. The molecule has 0 aliphatic rings. The molecule has 0 fully saturated rings. The molecule has 0 N–H and O–H groups in total. The molecule has 0 bridgehead atoms. The molecule has 0 radical (unpaired) electrons. The molecule has 0 saturated carbocycles. The van der Waals surface area contributed by atoms with Gasteiger partial charge in [0, 0.05) is 20.6 Å². The number of benzene rings is 2. The van der Waals surface area contributed by atoms with Gasteiger partial charge >= 0.3 is 0 Å². The normalized spacial score (nSPS) is 11.6. The summed E-state index contributed by atoms with van der Waals surface area (Å²) in [5.41, 5.74) is 0.763. The Balaban J connectivity index is 2.05. The van der Waals surface area contributed by atoms with Crippen molar-refractivity contribution < 1.29 is 17.6 Å². The van der Waals surface area contributed by atoms with Crippen LogP contribution < -0.4 is 0 Å². The summed E-state index contributed by atoms with van der Waals surface area (Å²) in [5.74, 6) is -0.937. The molecule has 140 valence electrons. The summed E-state index contributed by atoms with van der Waals surface area (Å²) in [5, 5.41) is 0.788. The van der Waals surface area contributed by atoms with Crippen LogP contribution in [0.2, 0.25) is 10.0 Å². The van der Waals surface area contributed by atoms with Crippen LogP contribution in [0.4, 0.5) is 4.39 Å². The lowest BCUT2D eigenvalue weighted by atomic mass is 10.2. The SMILES string of the molecule is CN(Cc1ccc(Cl)c(Cl)c1)C(=O)CN(C)S(=O)(=O)c1ccc(F)cc1. The van der Waals surface area contributed by atoms with Crippen molar-refractivity contribution >= 4 is 39.1 Å². The Bertz CT molecular complexity index is 905. The largest absolute Gasteiger partial charge is 0.340 e. The molecule has 0 spiro atoms. The smallest absolute Gasteiger partial charge is 0.243 e. The highest BCUT2D eigenvalue weighted by Gasteiger charge is 2.24. The van der Waals surface area contributed by atoms with Crippen LogP contribution in [0.5, 0.6) is 0 Å². The van der Waals surface area contributed by atoms with Gasteiger partial charge in [-0.15, -0.1) is 0 Å². The number of sulfonamides is 1. The van der Waals surface area contributed by atoms with E-state index in [2.05, 4.69) is 0 Å². The third kappa shape index (κ3) is 4.94. The first-order valence-corrected chi connectivity index (χ1v) is 9.70. The predicted molar refractivity (Wildman–Crippen MR) is 99.2 cm³/mol. The standard InChI is InChI=1S/C17H17Cl2FN2O3S/c1-21(10-12-3-8-15(18)16(19)9-12)17(23)11-22(2)26(24,25)14-6-4-13(20)5-7-14/h3-9H,10-11H2,1-2H3. The summed E-state index contributed by atoms with van der Waals surface area (Å²) >= 11 is 11.8. The average molecular weight is 419 g/mol. The van der Waals surface area contributed by atoms with E-state index in [1.54, 1.807) is 25.2 Å². The minimum absolute atomic E-state index is 0.0821. The summed E-state index contributed by atoms with van der Waals surface area (Å²) in [4.78, 5) is 13.6. The van der Waals surface area contributed by atoms with Crippen molar-refractivity contribution in [3.8, 4) is 0 Å². The van der Waals surface area contributed by atoms with E-state index in [1.807, 2.05) is 0 Å². The van der Waals surface area contributed by atoms with Crippen LogP contribution in [0.1, 0.15) is 5.56 Å². The highest BCUT2D eigenvalue weighted by atomic mass is 35.5. The van der Waals surface area contributed by atoms with Crippen molar-refractivity contribution in [3.63, 3.8) is 0 Å². The summed E-state index contributed by atoms with van der Waals surface area (Å²) in [6.45, 7) is -0.0995. The van der Waals surface area contributed by atoms with Gasteiger partial charge < -0.3 is 4.90 Å². The Labute approximate surface area is 162 Å². The molecule has 26 heavy (non-hydrogen) atoms. The number of likely N-dealkylation sites (N-methyl/N-ethyl adjacent to an activating group) is 2. The third-order valence-corrected chi connectivity index (χ3v) is 6.27. The molecule has 2 aromatic carbocycles. The van der Waals surface area contributed by atoms with E-state index < -0.39 is 21.7 Å². The first kappa shape index (κ1) is 20.6. The van der Waals surface area contributed by atoms with Gasteiger partial charge in [0.05, 0.1) is 21.5 Å². The number of halogens is 3. The quantitative estimate of drug-likeness (QED) is 0.721. The molecule has 0 saturated heterocycles. The molecular formula is C17H17Cl2FN2O3S. The zero-order valence-corrected chi connectivity index (χ0v) is 16.4. The zero-order valence-electron chi connectivity index (χ0n) is 14.1. The number of nitrogens with zero attached hydrogens (tertiary/aromatic N) is 2. The van der Waals surface area contributed by atoms with E-state index in [9.17, 15) is 17.6 Å². The van der Waals surface area contributed by atoms with Crippen molar-refractivity contribution in [2.24, 2.45) is 0 Å². The number of hydrogen-bond acceptors (Lipinski definition) is 3. The maximum atomic E-state index is 13.0. The fourth-order valence-corrected chi connectivity index (χ4v) is 3.62. The maximum Gasteiger partial charge on any atom is 0.243 e. The first-order chi connectivity index (χ1) is 12.1. The molecule has 0 aliphatic carbocycles. The maximum absolute atomic E-state index is 13.0. The first-order valence-electron chi connectivity index (χ1n) is 7.51. The Kier molecular flexibility index (Phi) is 6.63. The minimum atomic E-state index is -3.89. The van der Waals surface area contributed by atoms with Gasteiger partial charge in [-0.3, -0.25) is 4.79 Å². The van der Waals surface area contributed by atoms with Crippen LogP contribution in [-0.2, 0) is 21.4 Å². The summed E-state index contributed by atoms with van der Waals surface area (Å²) in [6, 6.07) is 9.43. The van der Waals surface area contributed by atoms with E-state index in [1.165, 1.54) is 11.9 Å². The van der Waals surface area contributed by atoms with Crippen LogP contribution in [0, 0.1) is 5.82 Å². The Hall–Kier alpha value is -1.67. The van der Waals surface area contributed by atoms with E-state index in [0.29, 0.717) is 10.0 Å². The van der Waals surface area contributed by atoms with Crippen LogP contribution >= 0.6 is 23.2 Å². The lowest BCUT2D eigenvalue weighted by Crippen LogP contribution is -2.39. The molecule has 0 unspecified atom stereocenters. The van der Waals surface area contributed by atoms with Crippen molar-refractivity contribution in [2.75, 3.05) is 20.6 Å². The number of rotatable bonds is 6. The van der Waals surface area contributed by atoms with Crippen molar-refractivity contribution in [1.29, 1.82) is 0 Å². The minimum Gasteiger partial charge on any atom is -0.340 e. The zero-order chi connectivity index (χ0) is 19.5. The molecule has 5 nitrogen and oxygen atoms in total. The molecule has 0 aliphatic heterocycles. The molecule has 2 rings (SSSR count). The van der Waals surface area contributed by atoms with Crippen LogP contribution in [0.25, 0.3) is 0 Å². The highest BCUT2D eigenvalue weighted by molar-refractivity contribution is 7.89. The van der Waals surface area contributed by atoms with E-state index in [-0.39, 0.29) is 18.0 Å². The molecule has 9 heteroatoms.